The van der Waals surface area contributed by atoms with E-state index in [0.29, 0.717) is 24.6 Å². The lowest BCUT2D eigenvalue weighted by atomic mass is 10.4. The van der Waals surface area contributed by atoms with Crippen molar-refractivity contribution in [3.63, 3.8) is 0 Å². The first kappa shape index (κ1) is 32.3. The maximum atomic E-state index is 11.7. The van der Waals surface area contributed by atoms with E-state index < -0.39 is 51.6 Å². The van der Waals surface area contributed by atoms with Crippen LogP contribution in [0, 0.1) is 0 Å². The summed E-state index contributed by atoms with van der Waals surface area (Å²) in [6, 6.07) is 0.682. The van der Waals surface area contributed by atoms with E-state index in [4.69, 9.17) is 25.3 Å². The predicted molar refractivity (Wildman–Crippen MR) is 147 cm³/mol. The van der Waals surface area contributed by atoms with Gasteiger partial charge < -0.3 is 25.3 Å². The zero-order valence-corrected chi connectivity index (χ0v) is 28.9. The maximum Gasteiger partial charge on any atom is 0.638 e. The van der Waals surface area contributed by atoms with E-state index >= 15 is 0 Å². The van der Waals surface area contributed by atoms with Crippen molar-refractivity contribution < 1.29 is 30.1 Å². The lowest BCUT2D eigenvalue weighted by molar-refractivity contribution is -0.138. The first-order chi connectivity index (χ1) is 14.0. The molecule has 0 amide bonds. The van der Waals surface area contributed by atoms with Crippen molar-refractivity contribution in [1.29, 1.82) is 0 Å². The number of esters is 1. The van der Waals surface area contributed by atoms with Crippen LogP contribution in [0.1, 0.15) is 13.3 Å². The minimum Gasteiger partial charge on any atom is -0.462 e. The third-order valence-electron chi connectivity index (χ3n) is 3.22. The highest BCUT2D eigenvalue weighted by atomic mass is 28.5. The van der Waals surface area contributed by atoms with Crippen LogP contribution in [0.3, 0.4) is 0 Å². The number of carbonyl (C=O) groups is 1. The van der Waals surface area contributed by atoms with Gasteiger partial charge in [0.1, 0.15) is 0 Å². The maximum absolute atomic E-state index is 11.7. The summed E-state index contributed by atoms with van der Waals surface area (Å²) >= 11 is 0. The van der Waals surface area contributed by atoms with Gasteiger partial charge in [0.05, 0.1) is 6.61 Å². The number of ether oxygens (including phenoxy) is 1. The molecule has 0 N–H and O–H groups in total. The second kappa shape index (κ2) is 12.3. The van der Waals surface area contributed by atoms with Crippen molar-refractivity contribution >= 4 is 57.6 Å². The fraction of sp³-hybridized carbons (Fsp3) is 0.842. The molecule has 0 aromatic heterocycles. The lowest BCUT2D eigenvalue weighted by Gasteiger charge is -2.43. The van der Waals surface area contributed by atoms with Crippen LogP contribution in [0.2, 0.25) is 84.6 Å². The van der Waals surface area contributed by atoms with Crippen molar-refractivity contribution in [2.45, 2.75) is 98.0 Å². The first-order valence-corrected chi connectivity index (χ1v) is 28.3. The van der Waals surface area contributed by atoms with Gasteiger partial charge in [0.15, 0.2) is 33.3 Å². The second-order valence-electron chi connectivity index (χ2n) is 12.0. The highest BCUT2D eigenvalue weighted by molar-refractivity contribution is 6.90. The van der Waals surface area contributed by atoms with E-state index in [1.54, 1.807) is 6.92 Å². The summed E-state index contributed by atoms with van der Waals surface area (Å²) in [7, 11) is -13.7. The van der Waals surface area contributed by atoms with Gasteiger partial charge in [-0.1, -0.05) is 6.58 Å². The standard InChI is InChI=1S/C19H48O7Si6/c1-18(2)19(20)21-16-15-17-27(22-28(3,4)5)23-32(24-29(6,7)8,25-30(9,10)11)26-31(12,13)14/h27H,1,15-17H2,2-14H3. The summed E-state index contributed by atoms with van der Waals surface area (Å²) in [6.07, 6.45) is 0.651. The smallest absolute Gasteiger partial charge is 0.462 e. The second-order valence-corrected chi connectivity index (χ2v) is 35.6. The molecule has 0 heterocycles. The largest absolute Gasteiger partial charge is 0.638 e. The number of hydrogen-bond donors (Lipinski definition) is 0. The summed E-state index contributed by atoms with van der Waals surface area (Å²) in [5, 5.41) is 0. The normalized spacial score (nSPS) is 14.9. The van der Waals surface area contributed by atoms with E-state index in [-0.39, 0.29) is 5.97 Å². The Morgan fingerprint density at radius 2 is 1.12 bits per heavy atom. The van der Waals surface area contributed by atoms with E-state index in [1.165, 1.54) is 0 Å². The van der Waals surface area contributed by atoms with Crippen LogP contribution in [0.4, 0.5) is 0 Å². The molecule has 0 aromatic carbocycles. The fourth-order valence-corrected chi connectivity index (χ4v) is 21.5. The van der Waals surface area contributed by atoms with Crippen LogP contribution in [0.25, 0.3) is 0 Å². The summed E-state index contributed by atoms with van der Waals surface area (Å²) in [5.74, 6) is -0.370. The molecule has 13 heteroatoms. The van der Waals surface area contributed by atoms with Crippen molar-refractivity contribution in [1.82, 2.24) is 0 Å². The monoisotopic (exact) mass is 556 g/mol. The Morgan fingerprint density at radius 1 is 0.719 bits per heavy atom. The Labute approximate surface area is 204 Å². The average Bonchev–Trinajstić information content (AvgIpc) is 2.43. The molecule has 0 aliphatic carbocycles. The Hall–Kier alpha value is 0.311. The van der Waals surface area contributed by atoms with Crippen molar-refractivity contribution in [3.05, 3.63) is 12.2 Å². The van der Waals surface area contributed by atoms with Gasteiger partial charge in [0, 0.05) is 5.57 Å². The highest BCUT2D eigenvalue weighted by Crippen LogP contribution is 2.29. The molecule has 0 aliphatic rings. The third-order valence-corrected chi connectivity index (χ3v) is 20.5. The summed E-state index contributed by atoms with van der Waals surface area (Å²) in [6.45, 7) is 31.2. The Bertz CT molecular complexity index is 577. The molecule has 1 atom stereocenters. The van der Waals surface area contributed by atoms with Crippen LogP contribution in [0.5, 0.6) is 0 Å². The highest BCUT2D eigenvalue weighted by Gasteiger charge is 2.55. The van der Waals surface area contributed by atoms with Gasteiger partial charge in [0.2, 0.25) is 0 Å². The van der Waals surface area contributed by atoms with E-state index in [9.17, 15) is 4.79 Å². The van der Waals surface area contributed by atoms with Gasteiger partial charge in [-0.2, -0.15) is 0 Å². The SMILES string of the molecule is C=C(C)C(=O)OCCC[SiH](O[Si](C)(C)C)O[Si](O[Si](C)(C)C)(O[Si](C)(C)C)O[Si](C)(C)C. The van der Waals surface area contributed by atoms with Gasteiger partial charge in [-0.05, 0) is 98.0 Å². The minimum absolute atomic E-state index is 0.306. The van der Waals surface area contributed by atoms with Crippen molar-refractivity contribution in [3.8, 4) is 0 Å². The molecule has 0 saturated carbocycles. The van der Waals surface area contributed by atoms with Gasteiger partial charge in [0.25, 0.3) is 0 Å². The molecule has 0 bridgehead atoms. The molecule has 0 aliphatic heterocycles. The topological polar surface area (TPSA) is 72.5 Å². The molecule has 0 saturated heterocycles. The number of rotatable bonds is 15. The van der Waals surface area contributed by atoms with E-state index in [2.05, 4.69) is 85.1 Å². The van der Waals surface area contributed by atoms with Crippen LogP contribution < -0.4 is 0 Å². The van der Waals surface area contributed by atoms with Gasteiger partial charge in [-0.15, -0.1) is 0 Å². The summed E-state index contributed by atoms with van der Waals surface area (Å²) < 4.78 is 38.5. The Morgan fingerprint density at radius 3 is 1.44 bits per heavy atom. The van der Waals surface area contributed by atoms with E-state index in [0.717, 1.165) is 0 Å². The van der Waals surface area contributed by atoms with Gasteiger partial charge >= 0.3 is 24.3 Å². The van der Waals surface area contributed by atoms with Crippen molar-refractivity contribution in [2.24, 2.45) is 0 Å². The molecule has 190 valence electrons. The van der Waals surface area contributed by atoms with Gasteiger partial charge in [-0.3, -0.25) is 0 Å². The van der Waals surface area contributed by atoms with Crippen LogP contribution in [-0.2, 0) is 30.1 Å². The molecule has 0 radical (unpaired) electrons. The Balaban J connectivity index is 5.86. The quantitative estimate of drug-likeness (QED) is 0.113. The first-order valence-electron chi connectivity index (χ1n) is 11.3. The zero-order valence-electron chi connectivity index (χ0n) is 22.8. The van der Waals surface area contributed by atoms with Crippen molar-refractivity contribution in [2.75, 3.05) is 6.61 Å². The number of carbonyl (C=O) groups excluding carboxylic acids is 1. The molecule has 0 rings (SSSR count). The molecule has 0 spiro atoms. The third kappa shape index (κ3) is 16.9. The van der Waals surface area contributed by atoms with Crippen LogP contribution >= 0.6 is 0 Å². The molecule has 7 nitrogen and oxygen atoms in total. The summed E-state index contributed by atoms with van der Waals surface area (Å²) in [4.78, 5) is 11.7. The zero-order chi connectivity index (χ0) is 25.6. The molecular weight excluding hydrogens is 509 g/mol. The molecule has 0 aromatic rings. The fourth-order valence-electron chi connectivity index (χ4n) is 2.49. The van der Waals surface area contributed by atoms with Crippen LogP contribution in [-0.4, -0.2) is 64.2 Å². The minimum atomic E-state index is -3.44. The number of hydrogen-bond acceptors (Lipinski definition) is 7. The molecule has 1 unspecified atom stereocenters. The lowest BCUT2D eigenvalue weighted by Crippen LogP contribution is -2.64. The average molecular weight is 557 g/mol. The predicted octanol–water partition coefficient (Wildman–Crippen LogP) is 5.57. The van der Waals surface area contributed by atoms with Gasteiger partial charge in [-0.25, -0.2) is 4.79 Å². The molecular formula is C19H48O7Si6. The molecule has 32 heavy (non-hydrogen) atoms. The Kier molecular flexibility index (Phi) is 12.4. The molecule has 0 fully saturated rings. The van der Waals surface area contributed by atoms with Crippen LogP contribution in [0.15, 0.2) is 12.2 Å². The van der Waals surface area contributed by atoms with E-state index in [1.807, 2.05) is 0 Å². The summed E-state index contributed by atoms with van der Waals surface area (Å²) in [5.41, 5.74) is 0.399.